The number of hydrogen-bond donors (Lipinski definition) is 1. The first kappa shape index (κ1) is 9.67. The van der Waals surface area contributed by atoms with E-state index in [0.717, 1.165) is 32.0 Å². The first-order valence-electron chi connectivity index (χ1n) is 5.41. The van der Waals surface area contributed by atoms with E-state index in [4.69, 9.17) is 0 Å². The maximum atomic E-state index is 4.59. The maximum Gasteiger partial charge on any atom is 0.143 e. The Morgan fingerprint density at radius 2 is 2.22 bits per heavy atom. The summed E-state index contributed by atoms with van der Waals surface area (Å²) in [6.07, 6.45) is 7.02. The third kappa shape index (κ3) is 1.32. The number of H-pyrrole nitrogens is 1. The summed E-state index contributed by atoms with van der Waals surface area (Å²) < 4.78 is 0. The van der Waals surface area contributed by atoms with Gasteiger partial charge in [-0.25, -0.2) is 19.9 Å². The van der Waals surface area contributed by atoms with E-state index in [2.05, 4.69) is 24.9 Å². The van der Waals surface area contributed by atoms with Gasteiger partial charge in [0.1, 0.15) is 27.3 Å². The largest absolute Gasteiger partial charge is 0.345 e. The van der Waals surface area contributed by atoms with Crippen LogP contribution in [0.5, 0.6) is 0 Å². The Hall–Kier alpha value is -2.34. The van der Waals surface area contributed by atoms with Crippen molar-refractivity contribution in [3.8, 4) is 10.6 Å². The summed E-state index contributed by atoms with van der Waals surface area (Å²) in [5.74, 6) is 0. The van der Waals surface area contributed by atoms with Crippen LogP contribution in [0, 0.1) is 0 Å². The third-order valence-corrected chi connectivity index (χ3v) is 3.76. The molecular weight excluding hydrogens is 246 g/mol. The number of pyridine rings is 1. The summed E-state index contributed by atoms with van der Waals surface area (Å²) in [4.78, 5) is 21.2. The fourth-order valence-corrected chi connectivity index (χ4v) is 2.86. The molecule has 0 atom stereocenters. The molecule has 0 saturated heterocycles. The summed E-state index contributed by atoms with van der Waals surface area (Å²) in [5.41, 5.74) is 2.77. The van der Waals surface area contributed by atoms with Gasteiger partial charge in [0, 0.05) is 29.5 Å². The summed E-state index contributed by atoms with van der Waals surface area (Å²) in [6.45, 7) is 0. The highest BCUT2D eigenvalue weighted by atomic mass is 32.1. The van der Waals surface area contributed by atoms with Gasteiger partial charge >= 0.3 is 0 Å². The van der Waals surface area contributed by atoms with Gasteiger partial charge in [0.15, 0.2) is 0 Å². The van der Waals surface area contributed by atoms with Crippen LogP contribution in [0.15, 0.2) is 37.1 Å². The Kier molecular flexibility index (Phi) is 1.92. The molecule has 4 heterocycles. The van der Waals surface area contributed by atoms with E-state index < -0.39 is 0 Å². The fraction of sp³-hybridized carbons (Fsp3) is 0. The van der Waals surface area contributed by atoms with Gasteiger partial charge in [0.05, 0.1) is 0 Å². The van der Waals surface area contributed by atoms with Gasteiger partial charge in [-0.05, 0) is 12.1 Å². The molecule has 0 unspecified atom stereocenters. The Labute approximate surface area is 106 Å². The van der Waals surface area contributed by atoms with Crippen molar-refractivity contribution in [1.82, 2.24) is 24.9 Å². The van der Waals surface area contributed by atoms with Crippen molar-refractivity contribution in [2.45, 2.75) is 0 Å². The fourth-order valence-electron chi connectivity index (χ4n) is 1.92. The minimum atomic E-state index is 0.826. The Morgan fingerprint density at radius 3 is 3.17 bits per heavy atom. The quantitative estimate of drug-likeness (QED) is 0.566. The molecule has 0 aliphatic rings. The van der Waals surface area contributed by atoms with Crippen molar-refractivity contribution in [2.24, 2.45) is 0 Å². The zero-order valence-electron chi connectivity index (χ0n) is 9.16. The van der Waals surface area contributed by atoms with Crippen molar-refractivity contribution < 1.29 is 0 Å². The predicted octanol–water partition coefficient (Wildman–Crippen LogP) is 2.63. The zero-order chi connectivity index (χ0) is 11.9. The third-order valence-electron chi connectivity index (χ3n) is 2.75. The molecule has 4 aromatic rings. The number of thiazole rings is 1. The number of nitrogens with zero attached hydrogens (tertiary/aromatic N) is 4. The first-order valence-corrected chi connectivity index (χ1v) is 6.22. The summed E-state index contributed by atoms with van der Waals surface area (Å²) in [5, 5.41) is 1.92. The molecule has 0 bridgehead atoms. The van der Waals surface area contributed by atoms with Gasteiger partial charge < -0.3 is 4.98 Å². The lowest BCUT2D eigenvalue weighted by atomic mass is 10.2. The van der Waals surface area contributed by atoms with Crippen molar-refractivity contribution in [3.63, 3.8) is 0 Å². The number of rotatable bonds is 1. The lowest BCUT2D eigenvalue weighted by molar-refractivity contribution is 1.20. The van der Waals surface area contributed by atoms with Crippen LogP contribution in [0.4, 0.5) is 0 Å². The van der Waals surface area contributed by atoms with E-state index in [9.17, 15) is 0 Å². The highest BCUT2D eigenvalue weighted by Gasteiger charge is 2.11. The molecule has 0 radical (unpaired) electrons. The number of aromatic amines is 1. The van der Waals surface area contributed by atoms with E-state index in [-0.39, 0.29) is 0 Å². The average molecular weight is 253 g/mol. The molecule has 0 spiro atoms. The molecule has 0 saturated carbocycles. The molecule has 6 heteroatoms. The lowest BCUT2D eigenvalue weighted by Crippen LogP contribution is -1.78. The predicted molar refractivity (Wildman–Crippen MR) is 70.3 cm³/mol. The smallest absolute Gasteiger partial charge is 0.143 e. The summed E-state index contributed by atoms with van der Waals surface area (Å²) >= 11 is 1.57. The Morgan fingerprint density at radius 1 is 1.22 bits per heavy atom. The second kappa shape index (κ2) is 3.58. The van der Waals surface area contributed by atoms with E-state index in [1.54, 1.807) is 23.7 Å². The monoisotopic (exact) mass is 253 g/mol. The van der Waals surface area contributed by atoms with Gasteiger partial charge in [0.25, 0.3) is 0 Å². The molecular formula is C12H7N5S. The molecule has 4 rings (SSSR count). The molecule has 5 nitrogen and oxygen atoms in total. The van der Waals surface area contributed by atoms with Crippen LogP contribution >= 0.6 is 11.3 Å². The van der Waals surface area contributed by atoms with Crippen molar-refractivity contribution in [1.29, 1.82) is 0 Å². The van der Waals surface area contributed by atoms with Gasteiger partial charge in [-0.1, -0.05) is 11.3 Å². The second-order valence-electron chi connectivity index (χ2n) is 3.83. The molecule has 86 valence electrons. The molecule has 4 aromatic heterocycles. The Balaban J connectivity index is 2.01. The molecule has 0 aromatic carbocycles. The van der Waals surface area contributed by atoms with Crippen LogP contribution in [-0.2, 0) is 0 Å². The van der Waals surface area contributed by atoms with Gasteiger partial charge in [-0.2, -0.15) is 0 Å². The van der Waals surface area contributed by atoms with E-state index in [1.807, 2.05) is 18.3 Å². The van der Waals surface area contributed by atoms with Gasteiger partial charge in [0.2, 0.25) is 0 Å². The highest BCUT2D eigenvalue weighted by Crippen LogP contribution is 2.32. The minimum absolute atomic E-state index is 0.826. The lowest BCUT2D eigenvalue weighted by Gasteiger charge is -1.90. The van der Waals surface area contributed by atoms with Gasteiger partial charge in [-0.3, -0.25) is 0 Å². The standard InChI is InChI=1S/C12H7N5S/c1-2-9-12(14-3-1)18-11(17-9)8-5-15-10-7(8)4-13-6-16-10/h1-6H,(H,13,15,16). The van der Waals surface area contributed by atoms with Gasteiger partial charge in [-0.15, -0.1) is 0 Å². The minimum Gasteiger partial charge on any atom is -0.345 e. The van der Waals surface area contributed by atoms with E-state index in [0.29, 0.717) is 0 Å². The van der Waals surface area contributed by atoms with Crippen LogP contribution < -0.4 is 0 Å². The maximum absolute atomic E-state index is 4.59. The summed E-state index contributed by atoms with van der Waals surface area (Å²) in [6, 6.07) is 3.86. The summed E-state index contributed by atoms with van der Waals surface area (Å²) in [7, 11) is 0. The van der Waals surface area contributed by atoms with Crippen LogP contribution in [0.25, 0.3) is 32.0 Å². The van der Waals surface area contributed by atoms with Crippen LogP contribution in [0.1, 0.15) is 0 Å². The molecule has 0 aliphatic carbocycles. The normalized spacial score (nSPS) is 11.3. The number of fused-ring (bicyclic) bond motifs is 2. The van der Waals surface area contributed by atoms with Crippen molar-refractivity contribution in [2.75, 3.05) is 0 Å². The second-order valence-corrected chi connectivity index (χ2v) is 4.81. The van der Waals surface area contributed by atoms with Crippen LogP contribution in [0.2, 0.25) is 0 Å². The molecule has 0 fully saturated rings. The van der Waals surface area contributed by atoms with E-state index in [1.165, 1.54) is 6.33 Å². The molecule has 18 heavy (non-hydrogen) atoms. The van der Waals surface area contributed by atoms with E-state index >= 15 is 0 Å². The number of nitrogens with one attached hydrogen (secondary N) is 1. The number of hydrogen-bond acceptors (Lipinski definition) is 5. The van der Waals surface area contributed by atoms with Crippen LogP contribution in [-0.4, -0.2) is 24.9 Å². The first-order chi connectivity index (χ1) is 8.92. The molecule has 1 N–H and O–H groups in total. The van der Waals surface area contributed by atoms with Crippen molar-refractivity contribution in [3.05, 3.63) is 37.1 Å². The molecule has 0 amide bonds. The Bertz CT molecular complexity index is 815. The molecule has 0 aliphatic heterocycles. The topological polar surface area (TPSA) is 67.3 Å². The van der Waals surface area contributed by atoms with Crippen molar-refractivity contribution >= 4 is 32.7 Å². The zero-order valence-corrected chi connectivity index (χ0v) is 9.98. The average Bonchev–Trinajstić information content (AvgIpc) is 3.02. The highest BCUT2D eigenvalue weighted by molar-refractivity contribution is 7.21. The number of aromatic nitrogens is 5. The van der Waals surface area contributed by atoms with Crippen LogP contribution in [0.3, 0.4) is 0 Å². The SMILES string of the molecule is c1cnc2sc(-c3c[nH]c4ncncc34)nc2c1.